The summed E-state index contributed by atoms with van der Waals surface area (Å²) in [5.74, 6) is 0.250. The van der Waals surface area contributed by atoms with Crippen molar-refractivity contribution >= 4 is 15.9 Å². The molecule has 2 aromatic rings. The molecule has 0 N–H and O–H groups in total. The van der Waals surface area contributed by atoms with E-state index in [1.165, 1.54) is 11.1 Å². The molecule has 0 aliphatic carbocycles. The fourth-order valence-corrected chi connectivity index (χ4v) is 5.63. The normalized spacial score (nSPS) is 18.3. The van der Waals surface area contributed by atoms with Gasteiger partial charge in [-0.15, -0.1) is 0 Å². The standard InChI is InChI=1S/C23H29N3O3S/c1-3-30(28,29)26-14-11-19(12-15-26)22-21(9-8-17(2)24-22)23(27)25-13-10-18-6-4-5-7-20(18)16-25/h4-9,19H,3,10-16H2,1-2H3. The van der Waals surface area contributed by atoms with Crippen LogP contribution in [0.5, 0.6) is 0 Å². The van der Waals surface area contributed by atoms with Crippen molar-refractivity contribution in [2.75, 3.05) is 25.4 Å². The second-order valence-corrected chi connectivity index (χ2v) is 10.5. The first-order valence-corrected chi connectivity index (χ1v) is 12.3. The third kappa shape index (κ3) is 4.14. The minimum atomic E-state index is -3.17. The van der Waals surface area contributed by atoms with Crippen LogP contribution in [0.15, 0.2) is 36.4 Å². The molecule has 0 bridgehead atoms. The Morgan fingerprint density at radius 3 is 2.47 bits per heavy atom. The maximum absolute atomic E-state index is 13.4. The number of piperidine rings is 1. The zero-order valence-electron chi connectivity index (χ0n) is 17.7. The second kappa shape index (κ2) is 8.47. The zero-order chi connectivity index (χ0) is 21.3. The Morgan fingerprint density at radius 2 is 1.77 bits per heavy atom. The molecule has 1 aromatic carbocycles. The van der Waals surface area contributed by atoms with Crippen molar-refractivity contribution < 1.29 is 13.2 Å². The molecule has 0 spiro atoms. The predicted molar refractivity (Wildman–Crippen MR) is 117 cm³/mol. The van der Waals surface area contributed by atoms with Crippen LogP contribution in [-0.2, 0) is 23.0 Å². The number of aromatic nitrogens is 1. The first-order chi connectivity index (χ1) is 14.4. The summed E-state index contributed by atoms with van der Waals surface area (Å²) < 4.78 is 25.9. The number of pyridine rings is 1. The number of hydrogen-bond donors (Lipinski definition) is 0. The summed E-state index contributed by atoms with van der Waals surface area (Å²) in [7, 11) is -3.17. The predicted octanol–water partition coefficient (Wildman–Crippen LogP) is 3.12. The highest BCUT2D eigenvalue weighted by molar-refractivity contribution is 7.89. The van der Waals surface area contributed by atoms with E-state index in [4.69, 9.17) is 4.98 Å². The Morgan fingerprint density at radius 1 is 1.07 bits per heavy atom. The lowest BCUT2D eigenvalue weighted by Crippen LogP contribution is -2.40. The molecule has 1 aromatic heterocycles. The third-order valence-corrected chi connectivity index (χ3v) is 8.19. The van der Waals surface area contributed by atoms with Crippen LogP contribution in [-0.4, -0.2) is 53.9 Å². The van der Waals surface area contributed by atoms with Gasteiger partial charge in [-0.05, 0) is 56.4 Å². The van der Waals surface area contributed by atoms with Crippen molar-refractivity contribution in [3.63, 3.8) is 0 Å². The summed E-state index contributed by atoms with van der Waals surface area (Å²) in [4.78, 5) is 20.1. The number of carbonyl (C=O) groups excluding carboxylic acids is 1. The molecule has 4 rings (SSSR count). The van der Waals surface area contributed by atoms with Crippen LogP contribution in [0.1, 0.15) is 58.6 Å². The molecular weight excluding hydrogens is 398 g/mol. The lowest BCUT2D eigenvalue weighted by molar-refractivity contribution is 0.0731. The zero-order valence-corrected chi connectivity index (χ0v) is 18.5. The molecule has 0 unspecified atom stereocenters. The number of carbonyl (C=O) groups is 1. The van der Waals surface area contributed by atoms with Gasteiger partial charge in [-0.1, -0.05) is 24.3 Å². The minimum absolute atomic E-state index is 0.0237. The molecule has 2 aliphatic heterocycles. The molecule has 1 saturated heterocycles. The van der Waals surface area contributed by atoms with Gasteiger partial charge in [-0.25, -0.2) is 12.7 Å². The van der Waals surface area contributed by atoms with Crippen molar-refractivity contribution in [3.8, 4) is 0 Å². The summed E-state index contributed by atoms with van der Waals surface area (Å²) >= 11 is 0. The van der Waals surface area contributed by atoms with E-state index < -0.39 is 10.0 Å². The summed E-state index contributed by atoms with van der Waals surface area (Å²) in [6.45, 7) is 5.91. The molecule has 0 saturated carbocycles. The summed E-state index contributed by atoms with van der Waals surface area (Å²) in [6.07, 6.45) is 2.25. The number of sulfonamides is 1. The van der Waals surface area contributed by atoms with Gasteiger partial charge in [0.25, 0.3) is 5.91 Å². The Kier molecular flexibility index (Phi) is 5.93. The molecule has 6 nitrogen and oxygen atoms in total. The van der Waals surface area contributed by atoms with Crippen molar-refractivity contribution in [2.24, 2.45) is 0 Å². The van der Waals surface area contributed by atoms with Gasteiger partial charge in [0.2, 0.25) is 10.0 Å². The van der Waals surface area contributed by atoms with Gasteiger partial charge >= 0.3 is 0 Å². The van der Waals surface area contributed by atoms with Crippen molar-refractivity contribution in [1.82, 2.24) is 14.2 Å². The maximum atomic E-state index is 13.4. The number of hydrogen-bond acceptors (Lipinski definition) is 4. The molecule has 7 heteroatoms. The van der Waals surface area contributed by atoms with Crippen LogP contribution < -0.4 is 0 Å². The van der Waals surface area contributed by atoms with Crippen LogP contribution in [0.25, 0.3) is 0 Å². The fraction of sp³-hybridized carbons (Fsp3) is 0.478. The highest BCUT2D eigenvalue weighted by atomic mass is 32.2. The molecule has 1 amide bonds. The number of nitrogens with zero attached hydrogens (tertiary/aromatic N) is 3. The number of amides is 1. The van der Waals surface area contributed by atoms with E-state index >= 15 is 0 Å². The lowest BCUT2D eigenvalue weighted by atomic mass is 9.90. The molecule has 3 heterocycles. The average Bonchev–Trinajstić information content (AvgIpc) is 2.78. The van der Waals surface area contributed by atoms with Gasteiger partial charge in [-0.3, -0.25) is 9.78 Å². The maximum Gasteiger partial charge on any atom is 0.256 e. The minimum Gasteiger partial charge on any atom is -0.334 e. The number of fused-ring (bicyclic) bond motifs is 1. The van der Waals surface area contributed by atoms with Crippen LogP contribution in [0.2, 0.25) is 0 Å². The average molecular weight is 428 g/mol. The summed E-state index contributed by atoms with van der Waals surface area (Å²) in [5.41, 5.74) is 4.89. The molecule has 2 aliphatic rings. The quantitative estimate of drug-likeness (QED) is 0.752. The first kappa shape index (κ1) is 21.0. The Hall–Kier alpha value is -2.25. The van der Waals surface area contributed by atoms with Crippen molar-refractivity contribution in [2.45, 2.75) is 45.6 Å². The highest BCUT2D eigenvalue weighted by Gasteiger charge is 2.32. The second-order valence-electron chi connectivity index (χ2n) is 8.20. The van der Waals surface area contributed by atoms with Crippen molar-refractivity contribution in [1.29, 1.82) is 0 Å². The molecule has 1 fully saturated rings. The van der Waals surface area contributed by atoms with Gasteiger partial charge < -0.3 is 4.90 Å². The summed E-state index contributed by atoms with van der Waals surface area (Å²) in [6, 6.07) is 12.1. The van der Waals surface area contributed by atoms with Crippen LogP contribution in [0.4, 0.5) is 0 Å². The van der Waals surface area contributed by atoms with E-state index in [2.05, 4.69) is 12.1 Å². The van der Waals surface area contributed by atoms with Crippen molar-refractivity contribution in [3.05, 3.63) is 64.5 Å². The molecular formula is C23H29N3O3S. The highest BCUT2D eigenvalue weighted by Crippen LogP contribution is 2.32. The van der Waals surface area contributed by atoms with E-state index in [0.717, 1.165) is 17.8 Å². The summed E-state index contributed by atoms with van der Waals surface area (Å²) in [5, 5.41) is 0. The van der Waals surface area contributed by atoms with E-state index in [1.54, 1.807) is 11.2 Å². The topological polar surface area (TPSA) is 70.6 Å². The Bertz CT molecular complexity index is 1040. The van der Waals surface area contributed by atoms with Crippen LogP contribution in [0, 0.1) is 6.92 Å². The largest absolute Gasteiger partial charge is 0.334 e. The molecule has 0 atom stereocenters. The SMILES string of the molecule is CCS(=O)(=O)N1CCC(c2nc(C)ccc2C(=O)N2CCc3ccccc3C2)CC1. The monoisotopic (exact) mass is 427 g/mol. The smallest absolute Gasteiger partial charge is 0.256 e. The van der Waals surface area contributed by atoms with E-state index in [9.17, 15) is 13.2 Å². The van der Waals surface area contributed by atoms with Crippen LogP contribution >= 0.6 is 0 Å². The Balaban J connectivity index is 1.55. The van der Waals surface area contributed by atoms with E-state index in [1.807, 2.05) is 36.1 Å². The number of aryl methyl sites for hydroxylation is 1. The number of benzene rings is 1. The fourth-order valence-electron chi connectivity index (χ4n) is 4.50. The van der Waals surface area contributed by atoms with Crippen LogP contribution in [0.3, 0.4) is 0 Å². The first-order valence-electron chi connectivity index (χ1n) is 10.7. The molecule has 30 heavy (non-hydrogen) atoms. The van der Waals surface area contributed by atoms with E-state index in [0.29, 0.717) is 44.6 Å². The van der Waals surface area contributed by atoms with Gasteiger partial charge in [-0.2, -0.15) is 0 Å². The van der Waals surface area contributed by atoms with E-state index in [-0.39, 0.29) is 17.6 Å². The van der Waals surface area contributed by atoms with Gasteiger partial charge in [0, 0.05) is 37.8 Å². The van der Waals surface area contributed by atoms with Gasteiger partial charge in [0.1, 0.15) is 0 Å². The molecule has 160 valence electrons. The van der Waals surface area contributed by atoms with Gasteiger partial charge in [0.15, 0.2) is 0 Å². The Labute approximate surface area is 179 Å². The third-order valence-electron chi connectivity index (χ3n) is 6.31. The van der Waals surface area contributed by atoms with Gasteiger partial charge in [0.05, 0.1) is 17.0 Å². The molecule has 0 radical (unpaired) electrons. The lowest BCUT2D eigenvalue weighted by Gasteiger charge is -2.33. The number of rotatable bonds is 4.